The molecule has 0 atom stereocenters. The summed E-state index contributed by atoms with van der Waals surface area (Å²) >= 11 is 6.09. The molecular formula is C14H22ClN3O2. The lowest BCUT2D eigenvalue weighted by atomic mass is 10.0. The first kappa shape index (κ1) is 15.3. The lowest BCUT2D eigenvalue weighted by Crippen LogP contribution is -2.34. The number of aromatic nitrogens is 2. The van der Waals surface area contributed by atoms with Crippen molar-refractivity contribution in [2.45, 2.75) is 57.6 Å². The molecule has 1 aliphatic rings. The first-order chi connectivity index (χ1) is 9.56. The standard InChI is InChI=1S/C14H22ClN3O2/c1-2-3-8-18-13(19)12(15)11(9-17-18)16-10-14(20)6-4-5-7-14/h9,16,20H,2-8,10H2,1H3. The van der Waals surface area contributed by atoms with E-state index in [1.807, 2.05) is 0 Å². The van der Waals surface area contributed by atoms with Crippen molar-refractivity contribution in [3.63, 3.8) is 0 Å². The average molecular weight is 300 g/mol. The normalized spacial score (nSPS) is 17.4. The summed E-state index contributed by atoms with van der Waals surface area (Å²) in [4.78, 5) is 12.0. The maximum atomic E-state index is 12.0. The van der Waals surface area contributed by atoms with Crippen LogP contribution in [0.3, 0.4) is 0 Å². The highest BCUT2D eigenvalue weighted by Crippen LogP contribution is 2.30. The fourth-order valence-electron chi connectivity index (χ4n) is 2.53. The Hall–Kier alpha value is -1.07. The predicted molar refractivity (Wildman–Crippen MR) is 80.3 cm³/mol. The van der Waals surface area contributed by atoms with Crippen LogP contribution in [-0.4, -0.2) is 27.0 Å². The molecule has 1 fully saturated rings. The van der Waals surface area contributed by atoms with Crippen LogP contribution in [0.2, 0.25) is 5.02 Å². The van der Waals surface area contributed by atoms with Gasteiger partial charge in [-0.25, -0.2) is 4.68 Å². The van der Waals surface area contributed by atoms with Crippen molar-refractivity contribution in [2.75, 3.05) is 11.9 Å². The van der Waals surface area contributed by atoms with Crippen LogP contribution < -0.4 is 10.9 Å². The summed E-state index contributed by atoms with van der Waals surface area (Å²) < 4.78 is 1.39. The molecule has 0 amide bonds. The van der Waals surface area contributed by atoms with Crippen LogP contribution in [0.25, 0.3) is 0 Å². The summed E-state index contributed by atoms with van der Waals surface area (Å²) in [6, 6.07) is 0. The number of aliphatic hydroxyl groups is 1. The first-order valence-electron chi connectivity index (χ1n) is 7.27. The van der Waals surface area contributed by atoms with Gasteiger partial charge in [0.25, 0.3) is 5.56 Å². The van der Waals surface area contributed by atoms with Crippen molar-refractivity contribution >= 4 is 17.3 Å². The molecule has 0 saturated heterocycles. The first-order valence-corrected chi connectivity index (χ1v) is 7.65. The number of halogens is 1. The zero-order valence-electron chi connectivity index (χ0n) is 11.9. The van der Waals surface area contributed by atoms with Crippen molar-refractivity contribution in [1.29, 1.82) is 0 Å². The molecule has 6 heteroatoms. The van der Waals surface area contributed by atoms with Crippen LogP contribution in [0.5, 0.6) is 0 Å². The molecule has 0 radical (unpaired) electrons. The van der Waals surface area contributed by atoms with E-state index in [-0.39, 0.29) is 10.6 Å². The number of unbranched alkanes of at least 4 members (excludes halogenated alkanes) is 1. The molecule has 0 unspecified atom stereocenters. The maximum Gasteiger partial charge on any atom is 0.287 e. The van der Waals surface area contributed by atoms with Gasteiger partial charge in [0.15, 0.2) is 0 Å². The Kier molecular flexibility index (Phi) is 5.05. The van der Waals surface area contributed by atoms with E-state index in [4.69, 9.17) is 11.6 Å². The van der Waals surface area contributed by atoms with Gasteiger partial charge in [-0.3, -0.25) is 4.79 Å². The van der Waals surface area contributed by atoms with E-state index in [2.05, 4.69) is 17.3 Å². The Balaban J connectivity index is 2.05. The number of aryl methyl sites for hydroxylation is 1. The highest BCUT2D eigenvalue weighted by atomic mass is 35.5. The fourth-order valence-corrected chi connectivity index (χ4v) is 2.74. The molecule has 20 heavy (non-hydrogen) atoms. The highest BCUT2D eigenvalue weighted by Gasteiger charge is 2.31. The minimum Gasteiger partial charge on any atom is -0.388 e. The van der Waals surface area contributed by atoms with Gasteiger partial charge >= 0.3 is 0 Å². The van der Waals surface area contributed by atoms with Crippen LogP contribution >= 0.6 is 11.6 Å². The van der Waals surface area contributed by atoms with Gasteiger partial charge in [-0.15, -0.1) is 0 Å². The van der Waals surface area contributed by atoms with E-state index < -0.39 is 5.60 Å². The number of nitrogens with one attached hydrogen (secondary N) is 1. The van der Waals surface area contributed by atoms with Gasteiger partial charge in [0.2, 0.25) is 0 Å². The van der Waals surface area contributed by atoms with E-state index in [9.17, 15) is 9.90 Å². The molecular weight excluding hydrogens is 278 g/mol. The predicted octanol–water partition coefficient (Wildman–Crippen LogP) is 2.41. The molecule has 1 saturated carbocycles. The van der Waals surface area contributed by atoms with Crippen LogP contribution in [0.4, 0.5) is 5.69 Å². The third-order valence-electron chi connectivity index (χ3n) is 3.85. The lowest BCUT2D eigenvalue weighted by molar-refractivity contribution is 0.0614. The summed E-state index contributed by atoms with van der Waals surface area (Å²) in [5.41, 5.74) is -0.450. The smallest absolute Gasteiger partial charge is 0.287 e. The van der Waals surface area contributed by atoms with Crippen molar-refractivity contribution < 1.29 is 5.11 Å². The maximum absolute atomic E-state index is 12.0. The number of hydrogen-bond donors (Lipinski definition) is 2. The molecule has 0 bridgehead atoms. The minimum absolute atomic E-state index is 0.151. The van der Waals surface area contributed by atoms with Crippen molar-refractivity contribution in [3.8, 4) is 0 Å². The molecule has 2 N–H and O–H groups in total. The second-order valence-corrected chi connectivity index (χ2v) is 5.92. The topological polar surface area (TPSA) is 67.2 Å². The van der Waals surface area contributed by atoms with Gasteiger partial charge in [-0.2, -0.15) is 5.10 Å². The molecule has 0 aromatic carbocycles. The Bertz CT molecular complexity index is 510. The summed E-state index contributed by atoms with van der Waals surface area (Å²) in [7, 11) is 0. The highest BCUT2D eigenvalue weighted by molar-refractivity contribution is 6.32. The van der Waals surface area contributed by atoms with Gasteiger partial charge in [0.1, 0.15) is 5.02 Å². The molecule has 1 aliphatic carbocycles. The van der Waals surface area contributed by atoms with Crippen molar-refractivity contribution in [2.24, 2.45) is 0 Å². The molecule has 0 spiro atoms. The fraction of sp³-hybridized carbons (Fsp3) is 0.714. The van der Waals surface area contributed by atoms with Gasteiger partial charge in [0.05, 0.1) is 17.5 Å². The number of nitrogens with zero attached hydrogens (tertiary/aromatic N) is 2. The summed E-state index contributed by atoms with van der Waals surface area (Å²) in [5.74, 6) is 0. The quantitative estimate of drug-likeness (QED) is 0.846. The summed E-state index contributed by atoms with van der Waals surface area (Å²) in [5, 5.41) is 17.6. The molecule has 112 valence electrons. The van der Waals surface area contributed by atoms with Crippen molar-refractivity contribution in [1.82, 2.24) is 9.78 Å². The number of rotatable bonds is 6. The molecule has 0 aliphatic heterocycles. The zero-order chi connectivity index (χ0) is 14.6. The van der Waals surface area contributed by atoms with E-state index in [1.54, 1.807) is 6.20 Å². The zero-order valence-corrected chi connectivity index (χ0v) is 12.6. The van der Waals surface area contributed by atoms with E-state index in [1.165, 1.54) is 4.68 Å². The van der Waals surface area contributed by atoms with Crippen LogP contribution in [-0.2, 0) is 6.54 Å². The van der Waals surface area contributed by atoms with E-state index >= 15 is 0 Å². The number of hydrogen-bond acceptors (Lipinski definition) is 4. The molecule has 1 aromatic rings. The largest absolute Gasteiger partial charge is 0.388 e. The van der Waals surface area contributed by atoms with Gasteiger partial charge in [0, 0.05) is 13.1 Å². The van der Waals surface area contributed by atoms with Crippen molar-refractivity contribution in [3.05, 3.63) is 21.6 Å². The SMILES string of the molecule is CCCCn1ncc(NCC2(O)CCCC2)c(Cl)c1=O. The third-order valence-corrected chi connectivity index (χ3v) is 4.22. The minimum atomic E-state index is -0.680. The number of anilines is 1. The van der Waals surface area contributed by atoms with Gasteiger partial charge < -0.3 is 10.4 Å². The van der Waals surface area contributed by atoms with Gasteiger partial charge in [-0.05, 0) is 19.3 Å². The van der Waals surface area contributed by atoms with E-state index in [0.717, 1.165) is 38.5 Å². The van der Waals surface area contributed by atoms with E-state index in [0.29, 0.717) is 18.8 Å². The molecule has 2 rings (SSSR count). The summed E-state index contributed by atoms with van der Waals surface area (Å²) in [6.45, 7) is 3.05. The van der Waals surface area contributed by atoms with Crippen LogP contribution in [0.15, 0.2) is 11.0 Å². The Morgan fingerprint density at radius 2 is 2.20 bits per heavy atom. The Morgan fingerprint density at radius 3 is 2.85 bits per heavy atom. The Labute approximate surface area is 124 Å². The second-order valence-electron chi connectivity index (χ2n) is 5.54. The summed E-state index contributed by atoms with van der Waals surface area (Å²) in [6.07, 6.45) is 7.13. The average Bonchev–Trinajstić information content (AvgIpc) is 2.87. The molecule has 5 nitrogen and oxygen atoms in total. The monoisotopic (exact) mass is 299 g/mol. The third kappa shape index (κ3) is 3.52. The van der Waals surface area contributed by atoms with Crippen LogP contribution in [0, 0.1) is 0 Å². The lowest BCUT2D eigenvalue weighted by Gasteiger charge is -2.23. The van der Waals surface area contributed by atoms with Gasteiger partial charge in [-0.1, -0.05) is 37.8 Å². The Morgan fingerprint density at radius 1 is 1.50 bits per heavy atom. The molecule has 1 aromatic heterocycles. The van der Waals surface area contributed by atoms with Crippen LogP contribution in [0.1, 0.15) is 45.4 Å². The second kappa shape index (κ2) is 6.59. The molecule has 1 heterocycles.